The normalized spacial score (nSPS) is 10.4. The van der Waals surface area contributed by atoms with E-state index in [0.29, 0.717) is 21.2 Å². The van der Waals surface area contributed by atoms with Crippen molar-refractivity contribution >= 4 is 29.2 Å². The van der Waals surface area contributed by atoms with Gasteiger partial charge >= 0.3 is 5.97 Å². The van der Waals surface area contributed by atoms with Crippen LogP contribution in [0.1, 0.15) is 5.56 Å². The highest BCUT2D eigenvalue weighted by Gasteiger charge is 2.12. The van der Waals surface area contributed by atoms with Crippen molar-refractivity contribution in [1.29, 1.82) is 0 Å². The molecule has 1 aromatic carbocycles. The molecule has 1 heterocycles. The first-order chi connectivity index (χ1) is 8.99. The van der Waals surface area contributed by atoms with Crippen molar-refractivity contribution in [2.75, 3.05) is 0 Å². The van der Waals surface area contributed by atoms with Crippen LogP contribution in [0.25, 0.3) is 11.1 Å². The number of carboxylic acids is 1. The van der Waals surface area contributed by atoms with Gasteiger partial charge in [-0.05, 0) is 18.2 Å². The largest absolute Gasteiger partial charge is 0.481 e. The van der Waals surface area contributed by atoms with Crippen molar-refractivity contribution in [3.8, 4) is 11.1 Å². The number of carbonyl (C=O) groups is 1. The van der Waals surface area contributed by atoms with Gasteiger partial charge in [-0.1, -0.05) is 29.3 Å². The van der Waals surface area contributed by atoms with Crippen molar-refractivity contribution in [2.24, 2.45) is 0 Å². The Balaban J connectivity index is 2.58. The van der Waals surface area contributed by atoms with E-state index in [1.54, 1.807) is 18.2 Å². The fraction of sp³-hybridized carbons (Fsp3) is 0.0769. The molecule has 0 fully saturated rings. The van der Waals surface area contributed by atoms with E-state index in [1.165, 1.54) is 12.3 Å². The van der Waals surface area contributed by atoms with E-state index >= 15 is 0 Å². The molecule has 0 aliphatic rings. The van der Waals surface area contributed by atoms with Gasteiger partial charge in [-0.3, -0.25) is 9.59 Å². The summed E-state index contributed by atoms with van der Waals surface area (Å²) >= 11 is 12.1. The van der Waals surface area contributed by atoms with Gasteiger partial charge < -0.3 is 10.1 Å². The SMILES string of the molecule is O=C(O)Cc1cc(-c2c(Cl)cccc2Cl)c[nH]c1=O. The van der Waals surface area contributed by atoms with Crippen LogP contribution < -0.4 is 5.56 Å². The number of pyridine rings is 1. The van der Waals surface area contributed by atoms with Crippen LogP contribution >= 0.6 is 23.2 Å². The molecule has 2 rings (SSSR count). The first kappa shape index (κ1) is 13.6. The van der Waals surface area contributed by atoms with Gasteiger partial charge in [-0.2, -0.15) is 0 Å². The minimum Gasteiger partial charge on any atom is -0.481 e. The van der Waals surface area contributed by atoms with E-state index in [9.17, 15) is 9.59 Å². The Kier molecular flexibility index (Phi) is 3.93. The van der Waals surface area contributed by atoms with Crippen molar-refractivity contribution in [2.45, 2.75) is 6.42 Å². The molecule has 0 unspecified atom stereocenters. The summed E-state index contributed by atoms with van der Waals surface area (Å²) in [6.45, 7) is 0. The van der Waals surface area contributed by atoms with E-state index in [0.717, 1.165) is 0 Å². The van der Waals surface area contributed by atoms with E-state index in [2.05, 4.69) is 4.98 Å². The Morgan fingerprint density at radius 2 is 1.89 bits per heavy atom. The third-order valence-electron chi connectivity index (χ3n) is 2.57. The monoisotopic (exact) mass is 297 g/mol. The Morgan fingerprint density at radius 1 is 1.26 bits per heavy atom. The van der Waals surface area contributed by atoms with Crippen LogP contribution in [0.3, 0.4) is 0 Å². The molecular formula is C13H9Cl2NO3. The van der Waals surface area contributed by atoms with E-state index in [4.69, 9.17) is 28.3 Å². The molecule has 0 bridgehead atoms. The zero-order valence-corrected chi connectivity index (χ0v) is 11.1. The molecule has 2 N–H and O–H groups in total. The van der Waals surface area contributed by atoms with Gasteiger partial charge in [-0.25, -0.2) is 0 Å². The standard InChI is InChI=1S/C13H9Cl2NO3/c14-9-2-1-3-10(15)12(9)8-4-7(5-11(17)18)13(19)16-6-8/h1-4,6H,5H2,(H,16,19)(H,17,18). The molecule has 19 heavy (non-hydrogen) atoms. The Bertz CT molecular complexity index is 674. The zero-order valence-electron chi connectivity index (χ0n) is 9.61. The fourth-order valence-corrected chi connectivity index (χ4v) is 2.36. The molecule has 0 radical (unpaired) electrons. The van der Waals surface area contributed by atoms with Crippen LogP contribution in [0.5, 0.6) is 0 Å². The number of benzene rings is 1. The zero-order chi connectivity index (χ0) is 14.0. The smallest absolute Gasteiger partial charge is 0.308 e. The van der Waals surface area contributed by atoms with E-state index in [-0.39, 0.29) is 12.0 Å². The van der Waals surface area contributed by atoms with Gasteiger partial charge in [-0.15, -0.1) is 0 Å². The molecule has 0 spiro atoms. The summed E-state index contributed by atoms with van der Waals surface area (Å²) in [4.78, 5) is 24.7. The molecule has 6 heteroatoms. The van der Waals surface area contributed by atoms with Gasteiger partial charge in [0.1, 0.15) is 0 Å². The lowest BCUT2D eigenvalue weighted by molar-refractivity contribution is -0.136. The average molecular weight is 298 g/mol. The maximum Gasteiger partial charge on any atom is 0.308 e. The summed E-state index contributed by atoms with van der Waals surface area (Å²) in [6.07, 6.45) is 1.10. The second kappa shape index (κ2) is 5.47. The minimum absolute atomic E-state index is 0.154. The van der Waals surface area contributed by atoms with Crippen LogP contribution in [0, 0.1) is 0 Å². The van der Waals surface area contributed by atoms with Gasteiger partial charge in [0.25, 0.3) is 5.56 Å². The van der Waals surface area contributed by atoms with Gasteiger partial charge in [0.2, 0.25) is 0 Å². The first-order valence-corrected chi connectivity index (χ1v) is 6.12. The molecular weight excluding hydrogens is 289 g/mol. The van der Waals surface area contributed by atoms with Gasteiger partial charge in [0, 0.05) is 32.9 Å². The van der Waals surface area contributed by atoms with Crippen LogP contribution in [0.15, 0.2) is 35.3 Å². The predicted molar refractivity (Wildman–Crippen MR) is 73.9 cm³/mol. The molecule has 98 valence electrons. The molecule has 1 aromatic heterocycles. The van der Waals surface area contributed by atoms with Crippen LogP contribution in [-0.2, 0) is 11.2 Å². The van der Waals surface area contributed by atoms with Gasteiger partial charge in [0.15, 0.2) is 0 Å². The molecule has 0 aliphatic carbocycles. The van der Waals surface area contributed by atoms with Crippen molar-refractivity contribution < 1.29 is 9.90 Å². The van der Waals surface area contributed by atoms with Crippen LogP contribution in [0.2, 0.25) is 10.0 Å². The highest BCUT2D eigenvalue weighted by atomic mass is 35.5. The molecule has 2 aromatic rings. The molecule has 4 nitrogen and oxygen atoms in total. The van der Waals surface area contributed by atoms with E-state index < -0.39 is 11.5 Å². The average Bonchev–Trinajstić information content (AvgIpc) is 2.32. The highest BCUT2D eigenvalue weighted by Crippen LogP contribution is 2.34. The summed E-state index contributed by atoms with van der Waals surface area (Å²) in [5.74, 6) is -1.08. The lowest BCUT2D eigenvalue weighted by Crippen LogP contribution is -2.15. The van der Waals surface area contributed by atoms with Crippen molar-refractivity contribution in [1.82, 2.24) is 4.98 Å². The summed E-state index contributed by atoms with van der Waals surface area (Å²) in [6, 6.07) is 6.54. The maximum atomic E-state index is 11.5. The van der Waals surface area contributed by atoms with Crippen molar-refractivity contribution in [3.05, 3.63) is 56.4 Å². The Labute approximate surface area is 118 Å². The summed E-state index contributed by atoms with van der Waals surface area (Å²) in [5.41, 5.74) is 0.857. The number of H-pyrrole nitrogens is 1. The molecule has 0 atom stereocenters. The van der Waals surface area contributed by atoms with Crippen LogP contribution in [-0.4, -0.2) is 16.1 Å². The number of nitrogens with one attached hydrogen (secondary N) is 1. The fourth-order valence-electron chi connectivity index (χ4n) is 1.74. The maximum absolute atomic E-state index is 11.5. The number of aromatic amines is 1. The Morgan fingerprint density at radius 3 is 2.47 bits per heavy atom. The van der Waals surface area contributed by atoms with Gasteiger partial charge in [0.05, 0.1) is 6.42 Å². The van der Waals surface area contributed by atoms with Crippen LogP contribution in [0.4, 0.5) is 0 Å². The second-order valence-corrected chi connectivity index (χ2v) is 4.72. The summed E-state index contributed by atoms with van der Waals surface area (Å²) in [5, 5.41) is 9.62. The number of aliphatic carboxylic acids is 1. The number of carboxylic acid groups (broad SMARTS) is 1. The number of hydrogen-bond acceptors (Lipinski definition) is 2. The van der Waals surface area contributed by atoms with Crippen molar-refractivity contribution in [3.63, 3.8) is 0 Å². The third kappa shape index (κ3) is 2.97. The topological polar surface area (TPSA) is 70.2 Å². The molecule has 0 saturated heterocycles. The highest BCUT2D eigenvalue weighted by molar-refractivity contribution is 6.39. The van der Waals surface area contributed by atoms with E-state index in [1.807, 2.05) is 0 Å². The third-order valence-corrected chi connectivity index (χ3v) is 3.20. The second-order valence-electron chi connectivity index (χ2n) is 3.91. The summed E-state index contributed by atoms with van der Waals surface area (Å²) < 4.78 is 0. The lowest BCUT2D eigenvalue weighted by atomic mass is 10.0. The first-order valence-electron chi connectivity index (χ1n) is 5.37. The number of aromatic nitrogens is 1. The molecule has 0 saturated carbocycles. The number of hydrogen-bond donors (Lipinski definition) is 2. The lowest BCUT2D eigenvalue weighted by Gasteiger charge is -2.08. The quantitative estimate of drug-likeness (QED) is 0.915. The number of halogens is 2. The Hall–Kier alpha value is -1.78. The molecule has 0 amide bonds. The predicted octanol–water partition coefficient (Wildman–Crippen LogP) is 2.98. The number of rotatable bonds is 3. The summed E-state index contributed by atoms with van der Waals surface area (Å²) in [7, 11) is 0. The molecule has 0 aliphatic heterocycles. The minimum atomic E-state index is -1.08.